The van der Waals surface area contributed by atoms with Crippen molar-refractivity contribution in [3.05, 3.63) is 23.8 Å². The lowest BCUT2D eigenvalue weighted by Gasteiger charge is -2.18. The van der Waals surface area contributed by atoms with Crippen molar-refractivity contribution in [2.75, 3.05) is 6.61 Å². The SMILES string of the molecule is CC1(C)Cc2cccc(OCC(=O)N/N=C/C3CCCCC3)c2O1. The third-order valence-corrected chi connectivity index (χ3v) is 4.54. The van der Waals surface area contributed by atoms with Crippen LogP contribution in [-0.4, -0.2) is 24.3 Å². The minimum atomic E-state index is -0.253. The number of carbonyl (C=O) groups is 1. The molecule has 1 heterocycles. The molecule has 1 aliphatic carbocycles. The number of hydrogen-bond acceptors (Lipinski definition) is 4. The largest absolute Gasteiger partial charge is 0.483 e. The molecule has 24 heavy (non-hydrogen) atoms. The van der Waals surface area contributed by atoms with E-state index in [0.29, 0.717) is 11.7 Å². The van der Waals surface area contributed by atoms with Gasteiger partial charge in [0.2, 0.25) is 0 Å². The molecular weight excluding hydrogens is 304 g/mol. The monoisotopic (exact) mass is 330 g/mol. The minimum absolute atomic E-state index is 0.0672. The number of ether oxygens (including phenoxy) is 2. The van der Waals surface area contributed by atoms with E-state index >= 15 is 0 Å². The van der Waals surface area contributed by atoms with Gasteiger partial charge in [-0.1, -0.05) is 31.4 Å². The van der Waals surface area contributed by atoms with Gasteiger partial charge in [0.15, 0.2) is 18.1 Å². The van der Waals surface area contributed by atoms with Crippen molar-refractivity contribution >= 4 is 12.1 Å². The van der Waals surface area contributed by atoms with Gasteiger partial charge in [-0.15, -0.1) is 0 Å². The number of amides is 1. The van der Waals surface area contributed by atoms with Crippen LogP contribution in [0.25, 0.3) is 0 Å². The van der Waals surface area contributed by atoms with Gasteiger partial charge in [0.25, 0.3) is 5.91 Å². The van der Waals surface area contributed by atoms with E-state index in [4.69, 9.17) is 9.47 Å². The third-order valence-electron chi connectivity index (χ3n) is 4.54. The Hall–Kier alpha value is -2.04. The number of carbonyl (C=O) groups excluding carboxylic acids is 1. The van der Waals surface area contributed by atoms with E-state index in [0.717, 1.165) is 17.7 Å². The van der Waals surface area contributed by atoms with E-state index in [2.05, 4.69) is 10.5 Å². The van der Waals surface area contributed by atoms with Crippen molar-refractivity contribution < 1.29 is 14.3 Å². The fourth-order valence-corrected chi connectivity index (χ4v) is 3.37. The number of nitrogens with one attached hydrogen (secondary N) is 1. The summed E-state index contributed by atoms with van der Waals surface area (Å²) in [5.74, 6) is 1.61. The summed E-state index contributed by atoms with van der Waals surface area (Å²) in [6.07, 6.45) is 8.86. The van der Waals surface area contributed by atoms with E-state index in [-0.39, 0.29) is 18.1 Å². The Kier molecular flexibility index (Phi) is 5.07. The summed E-state index contributed by atoms with van der Waals surface area (Å²) in [6.45, 7) is 4.02. The van der Waals surface area contributed by atoms with Gasteiger partial charge in [-0.25, -0.2) is 5.43 Å². The molecule has 0 spiro atoms. The number of fused-ring (bicyclic) bond motifs is 1. The maximum absolute atomic E-state index is 11.9. The van der Waals surface area contributed by atoms with Crippen molar-refractivity contribution in [1.82, 2.24) is 5.43 Å². The Balaban J connectivity index is 1.49. The van der Waals surface area contributed by atoms with E-state index in [9.17, 15) is 4.79 Å². The Bertz CT molecular complexity index is 619. The van der Waals surface area contributed by atoms with Crippen LogP contribution < -0.4 is 14.9 Å². The van der Waals surface area contributed by atoms with Crippen molar-refractivity contribution in [2.45, 2.75) is 58.0 Å². The van der Waals surface area contributed by atoms with E-state index < -0.39 is 0 Å². The zero-order valence-corrected chi connectivity index (χ0v) is 14.5. The lowest BCUT2D eigenvalue weighted by atomic mass is 9.90. The predicted molar refractivity (Wildman–Crippen MR) is 93.6 cm³/mol. The molecule has 0 saturated heterocycles. The topological polar surface area (TPSA) is 59.9 Å². The second kappa shape index (κ2) is 7.24. The van der Waals surface area contributed by atoms with Crippen molar-refractivity contribution in [1.29, 1.82) is 0 Å². The molecule has 0 atom stereocenters. The molecule has 0 unspecified atom stereocenters. The minimum Gasteiger partial charge on any atom is -0.483 e. The predicted octanol–water partition coefficient (Wildman–Crippen LogP) is 3.46. The van der Waals surface area contributed by atoms with Crippen LogP contribution in [0.1, 0.15) is 51.5 Å². The Morgan fingerprint density at radius 2 is 2.17 bits per heavy atom. The number of para-hydroxylation sites is 1. The zero-order valence-electron chi connectivity index (χ0n) is 14.5. The molecule has 1 aromatic carbocycles. The second-order valence-electron chi connectivity index (χ2n) is 7.28. The number of hydrogen-bond donors (Lipinski definition) is 1. The van der Waals surface area contributed by atoms with Crippen LogP contribution in [-0.2, 0) is 11.2 Å². The molecule has 1 aliphatic heterocycles. The first kappa shape index (κ1) is 16.8. The average Bonchev–Trinajstić information content (AvgIpc) is 2.88. The number of hydrazone groups is 1. The van der Waals surface area contributed by atoms with Crippen molar-refractivity contribution in [3.63, 3.8) is 0 Å². The Morgan fingerprint density at radius 1 is 1.38 bits per heavy atom. The lowest BCUT2D eigenvalue weighted by Crippen LogP contribution is -2.26. The first-order valence-corrected chi connectivity index (χ1v) is 8.79. The normalized spacial score (nSPS) is 19.8. The Labute approximate surface area is 143 Å². The quantitative estimate of drug-likeness (QED) is 0.664. The summed E-state index contributed by atoms with van der Waals surface area (Å²) in [5, 5.41) is 4.07. The van der Waals surface area contributed by atoms with Gasteiger partial charge in [-0.2, -0.15) is 5.10 Å². The van der Waals surface area contributed by atoms with Gasteiger partial charge in [0, 0.05) is 18.2 Å². The highest BCUT2D eigenvalue weighted by atomic mass is 16.5. The van der Waals surface area contributed by atoms with Crippen molar-refractivity contribution in [3.8, 4) is 11.5 Å². The summed E-state index contributed by atoms with van der Waals surface area (Å²) >= 11 is 0. The fraction of sp³-hybridized carbons (Fsp3) is 0.579. The number of benzene rings is 1. The molecule has 0 bridgehead atoms. The standard InChI is InChI=1S/C19H26N2O3/c1-19(2)11-15-9-6-10-16(18(15)24-19)23-13-17(22)21-20-12-14-7-4-3-5-8-14/h6,9-10,12,14H,3-5,7-8,11,13H2,1-2H3,(H,21,22)/b20-12+. The highest BCUT2D eigenvalue weighted by Crippen LogP contribution is 2.41. The van der Waals surface area contributed by atoms with Crippen LogP contribution in [0.2, 0.25) is 0 Å². The van der Waals surface area contributed by atoms with Gasteiger partial charge in [0.05, 0.1) is 0 Å². The first-order chi connectivity index (χ1) is 11.5. The first-order valence-electron chi connectivity index (χ1n) is 8.79. The maximum atomic E-state index is 11.9. The third kappa shape index (κ3) is 4.28. The molecule has 0 aromatic heterocycles. The molecule has 1 aromatic rings. The van der Waals surface area contributed by atoms with Gasteiger partial charge < -0.3 is 9.47 Å². The molecule has 1 N–H and O–H groups in total. The van der Waals surface area contributed by atoms with E-state index in [1.54, 1.807) is 0 Å². The molecule has 0 radical (unpaired) electrons. The molecule has 5 nitrogen and oxygen atoms in total. The Morgan fingerprint density at radius 3 is 2.96 bits per heavy atom. The summed E-state index contributed by atoms with van der Waals surface area (Å²) < 4.78 is 11.6. The van der Waals surface area contributed by atoms with E-state index in [1.165, 1.54) is 32.1 Å². The zero-order chi connectivity index (χ0) is 17.0. The van der Waals surface area contributed by atoms with Gasteiger partial charge in [-0.05, 0) is 38.7 Å². The van der Waals surface area contributed by atoms with Crippen LogP contribution in [0.4, 0.5) is 0 Å². The van der Waals surface area contributed by atoms with Crippen LogP contribution in [0.15, 0.2) is 23.3 Å². The lowest BCUT2D eigenvalue weighted by molar-refractivity contribution is -0.123. The highest BCUT2D eigenvalue weighted by Gasteiger charge is 2.32. The van der Waals surface area contributed by atoms with E-state index in [1.807, 2.05) is 38.3 Å². The molecule has 2 aliphatic rings. The van der Waals surface area contributed by atoms with Gasteiger partial charge >= 0.3 is 0 Å². The smallest absolute Gasteiger partial charge is 0.277 e. The summed E-state index contributed by atoms with van der Waals surface area (Å²) in [4.78, 5) is 11.9. The summed E-state index contributed by atoms with van der Waals surface area (Å²) in [5.41, 5.74) is 3.44. The number of rotatable bonds is 5. The molecule has 1 fully saturated rings. The summed E-state index contributed by atoms with van der Waals surface area (Å²) in [7, 11) is 0. The second-order valence-corrected chi connectivity index (χ2v) is 7.28. The molecule has 3 rings (SSSR count). The van der Waals surface area contributed by atoms with Crippen LogP contribution in [0, 0.1) is 5.92 Å². The molecule has 1 amide bonds. The highest BCUT2D eigenvalue weighted by molar-refractivity contribution is 5.78. The molecule has 5 heteroatoms. The molecule has 1 saturated carbocycles. The van der Waals surface area contributed by atoms with Gasteiger partial charge in [-0.3, -0.25) is 4.79 Å². The fourth-order valence-electron chi connectivity index (χ4n) is 3.37. The van der Waals surface area contributed by atoms with Crippen LogP contribution in [0.5, 0.6) is 11.5 Å². The maximum Gasteiger partial charge on any atom is 0.277 e. The average molecular weight is 330 g/mol. The molecule has 130 valence electrons. The van der Waals surface area contributed by atoms with Crippen molar-refractivity contribution in [2.24, 2.45) is 11.0 Å². The van der Waals surface area contributed by atoms with Gasteiger partial charge in [0.1, 0.15) is 5.60 Å². The van der Waals surface area contributed by atoms with Crippen LogP contribution in [0.3, 0.4) is 0 Å². The summed E-state index contributed by atoms with van der Waals surface area (Å²) in [6, 6.07) is 5.79. The number of nitrogens with zero attached hydrogens (tertiary/aromatic N) is 1. The molecular formula is C19H26N2O3. The van der Waals surface area contributed by atoms with Crippen LogP contribution >= 0.6 is 0 Å².